The number of hydrogen-bond donors (Lipinski definition) is 1. The lowest BCUT2D eigenvalue weighted by Gasteiger charge is -2.23. The average molecular weight is 243 g/mol. The SMILES string of the molecule is COc1cc(NC(C)C(OC)OC)ccc1F. The van der Waals surface area contributed by atoms with Crippen LogP contribution in [-0.2, 0) is 9.47 Å². The van der Waals surface area contributed by atoms with Gasteiger partial charge in [-0.2, -0.15) is 0 Å². The van der Waals surface area contributed by atoms with Gasteiger partial charge in [-0.15, -0.1) is 0 Å². The molecule has 1 aromatic rings. The van der Waals surface area contributed by atoms with E-state index in [-0.39, 0.29) is 23.9 Å². The van der Waals surface area contributed by atoms with Gasteiger partial charge in [0.15, 0.2) is 17.9 Å². The van der Waals surface area contributed by atoms with E-state index in [0.29, 0.717) is 0 Å². The number of rotatable bonds is 6. The summed E-state index contributed by atoms with van der Waals surface area (Å²) in [6, 6.07) is 4.51. The number of hydrogen-bond acceptors (Lipinski definition) is 4. The molecular weight excluding hydrogens is 225 g/mol. The zero-order chi connectivity index (χ0) is 12.8. The topological polar surface area (TPSA) is 39.7 Å². The molecule has 0 amide bonds. The number of anilines is 1. The lowest BCUT2D eigenvalue weighted by atomic mass is 10.2. The van der Waals surface area contributed by atoms with Crippen molar-refractivity contribution in [1.82, 2.24) is 0 Å². The highest BCUT2D eigenvalue weighted by molar-refractivity contribution is 5.49. The summed E-state index contributed by atoms with van der Waals surface area (Å²) in [5.74, 6) is -0.186. The van der Waals surface area contributed by atoms with Crippen molar-refractivity contribution in [1.29, 1.82) is 0 Å². The number of benzene rings is 1. The molecule has 0 aliphatic rings. The third-order valence-electron chi connectivity index (χ3n) is 2.42. The normalized spacial score (nSPS) is 12.6. The summed E-state index contributed by atoms with van der Waals surface area (Å²) in [5, 5.41) is 3.15. The van der Waals surface area contributed by atoms with E-state index in [4.69, 9.17) is 14.2 Å². The minimum atomic E-state index is -0.388. The molecule has 1 N–H and O–H groups in total. The number of nitrogens with one attached hydrogen (secondary N) is 1. The van der Waals surface area contributed by atoms with Crippen LogP contribution in [0.3, 0.4) is 0 Å². The van der Waals surface area contributed by atoms with Crippen LogP contribution in [0.2, 0.25) is 0 Å². The maximum absolute atomic E-state index is 13.2. The number of ether oxygens (including phenoxy) is 3. The lowest BCUT2D eigenvalue weighted by molar-refractivity contribution is -0.109. The zero-order valence-corrected chi connectivity index (χ0v) is 10.5. The summed E-state index contributed by atoms with van der Waals surface area (Å²) in [4.78, 5) is 0. The monoisotopic (exact) mass is 243 g/mol. The van der Waals surface area contributed by atoms with Gasteiger partial charge in [0.2, 0.25) is 0 Å². The highest BCUT2D eigenvalue weighted by Crippen LogP contribution is 2.22. The predicted octanol–water partition coefficient (Wildman–Crippen LogP) is 2.25. The Morgan fingerprint density at radius 1 is 1.18 bits per heavy atom. The Kier molecular flexibility index (Phi) is 5.18. The van der Waals surface area contributed by atoms with Crippen LogP contribution in [0.1, 0.15) is 6.92 Å². The van der Waals surface area contributed by atoms with E-state index in [9.17, 15) is 4.39 Å². The van der Waals surface area contributed by atoms with E-state index in [1.807, 2.05) is 6.92 Å². The van der Waals surface area contributed by atoms with Crippen LogP contribution in [0.4, 0.5) is 10.1 Å². The van der Waals surface area contributed by atoms with Gasteiger partial charge >= 0.3 is 0 Å². The second-order valence-electron chi connectivity index (χ2n) is 3.62. The summed E-state index contributed by atoms with van der Waals surface area (Å²) in [6.07, 6.45) is -0.369. The molecule has 1 unspecified atom stereocenters. The first kappa shape index (κ1) is 13.7. The van der Waals surface area contributed by atoms with Gasteiger partial charge in [0, 0.05) is 26.0 Å². The van der Waals surface area contributed by atoms with Crippen molar-refractivity contribution in [3.05, 3.63) is 24.0 Å². The summed E-state index contributed by atoms with van der Waals surface area (Å²) >= 11 is 0. The molecule has 0 radical (unpaired) electrons. The predicted molar refractivity (Wildman–Crippen MR) is 63.8 cm³/mol. The van der Waals surface area contributed by atoms with Crippen molar-refractivity contribution in [2.24, 2.45) is 0 Å². The molecule has 0 saturated carbocycles. The largest absolute Gasteiger partial charge is 0.494 e. The van der Waals surface area contributed by atoms with Crippen molar-refractivity contribution < 1.29 is 18.6 Å². The van der Waals surface area contributed by atoms with Gasteiger partial charge in [0.1, 0.15) is 0 Å². The van der Waals surface area contributed by atoms with Crippen molar-refractivity contribution in [3.63, 3.8) is 0 Å². The van der Waals surface area contributed by atoms with Crippen LogP contribution in [0, 0.1) is 5.82 Å². The molecule has 1 aromatic carbocycles. The van der Waals surface area contributed by atoms with Gasteiger partial charge in [-0.05, 0) is 19.1 Å². The fourth-order valence-corrected chi connectivity index (χ4v) is 1.58. The first-order valence-corrected chi connectivity index (χ1v) is 5.28. The van der Waals surface area contributed by atoms with Gasteiger partial charge in [0.05, 0.1) is 13.2 Å². The third-order valence-corrected chi connectivity index (χ3v) is 2.42. The molecular formula is C12H18FNO3. The van der Waals surface area contributed by atoms with Crippen LogP contribution in [0.15, 0.2) is 18.2 Å². The highest BCUT2D eigenvalue weighted by atomic mass is 19.1. The van der Waals surface area contributed by atoms with Gasteiger partial charge in [-0.25, -0.2) is 4.39 Å². The van der Waals surface area contributed by atoms with Crippen LogP contribution < -0.4 is 10.1 Å². The minimum Gasteiger partial charge on any atom is -0.494 e. The van der Waals surface area contributed by atoms with Crippen LogP contribution >= 0.6 is 0 Å². The molecule has 5 heteroatoms. The first-order valence-electron chi connectivity index (χ1n) is 5.28. The Hall–Kier alpha value is -1.33. The zero-order valence-electron chi connectivity index (χ0n) is 10.5. The fraction of sp³-hybridized carbons (Fsp3) is 0.500. The summed E-state index contributed by atoms with van der Waals surface area (Å²) in [6.45, 7) is 1.91. The minimum absolute atomic E-state index is 0.0693. The second kappa shape index (κ2) is 6.42. The van der Waals surface area contributed by atoms with E-state index < -0.39 is 0 Å². The van der Waals surface area contributed by atoms with Crippen molar-refractivity contribution in [2.75, 3.05) is 26.6 Å². The fourth-order valence-electron chi connectivity index (χ4n) is 1.58. The molecule has 1 rings (SSSR count). The molecule has 0 aromatic heterocycles. The van der Waals surface area contributed by atoms with E-state index in [0.717, 1.165) is 5.69 Å². The van der Waals surface area contributed by atoms with Crippen molar-refractivity contribution in [2.45, 2.75) is 19.3 Å². The standard InChI is InChI=1S/C12H18FNO3/c1-8(12(16-3)17-4)14-9-5-6-10(13)11(7-9)15-2/h5-8,12,14H,1-4H3. The third kappa shape index (κ3) is 3.57. The number of halogens is 1. The molecule has 4 nitrogen and oxygen atoms in total. The molecule has 0 heterocycles. The first-order chi connectivity index (χ1) is 8.12. The smallest absolute Gasteiger partial charge is 0.176 e. The van der Waals surface area contributed by atoms with Gasteiger partial charge in [-0.1, -0.05) is 0 Å². The Balaban J connectivity index is 2.74. The Labute approximate surface area is 101 Å². The molecule has 96 valence electrons. The maximum Gasteiger partial charge on any atom is 0.176 e. The average Bonchev–Trinajstić information content (AvgIpc) is 2.33. The van der Waals surface area contributed by atoms with Crippen LogP contribution in [0.5, 0.6) is 5.75 Å². The molecule has 0 aliphatic heterocycles. The van der Waals surface area contributed by atoms with Gasteiger partial charge in [-0.3, -0.25) is 0 Å². The molecule has 0 spiro atoms. The maximum atomic E-state index is 13.2. The van der Waals surface area contributed by atoms with E-state index >= 15 is 0 Å². The summed E-state index contributed by atoms with van der Waals surface area (Å²) in [5.41, 5.74) is 0.745. The Bertz CT molecular complexity index is 356. The lowest BCUT2D eigenvalue weighted by Crippen LogP contribution is -2.33. The Morgan fingerprint density at radius 2 is 1.82 bits per heavy atom. The van der Waals surface area contributed by atoms with Crippen molar-refractivity contribution in [3.8, 4) is 5.75 Å². The van der Waals surface area contributed by atoms with Gasteiger partial charge < -0.3 is 19.5 Å². The van der Waals surface area contributed by atoms with Crippen molar-refractivity contribution >= 4 is 5.69 Å². The molecule has 1 atom stereocenters. The Morgan fingerprint density at radius 3 is 2.35 bits per heavy atom. The van der Waals surface area contributed by atoms with Crippen LogP contribution in [0.25, 0.3) is 0 Å². The van der Waals surface area contributed by atoms with E-state index in [1.54, 1.807) is 26.4 Å². The summed E-state index contributed by atoms with van der Waals surface area (Å²) < 4.78 is 28.3. The number of methoxy groups -OCH3 is 3. The quantitative estimate of drug-likeness (QED) is 0.778. The molecule has 0 fully saturated rings. The van der Waals surface area contributed by atoms with Crippen LogP contribution in [-0.4, -0.2) is 33.7 Å². The molecule has 17 heavy (non-hydrogen) atoms. The molecule has 0 bridgehead atoms. The van der Waals surface area contributed by atoms with E-state index in [1.165, 1.54) is 13.2 Å². The summed E-state index contributed by atoms with van der Waals surface area (Å²) in [7, 11) is 4.56. The van der Waals surface area contributed by atoms with Gasteiger partial charge in [0.25, 0.3) is 0 Å². The highest BCUT2D eigenvalue weighted by Gasteiger charge is 2.15. The molecule has 0 aliphatic carbocycles. The molecule has 0 saturated heterocycles. The second-order valence-corrected chi connectivity index (χ2v) is 3.62. The van der Waals surface area contributed by atoms with E-state index in [2.05, 4.69) is 5.32 Å².